The quantitative estimate of drug-likeness (QED) is 0.702. The molecular formula is C18H26N2O5S. The lowest BCUT2D eigenvalue weighted by molar-refractivity contribution is -0.138. The van der Waals surface area contributed by atoms with Crippen molar-refractivity contribution in [2.45, 2.75) is 18.3 Å². The monoisotopic (exact) mass is 382 g/mol. The van der Waals surface area contributed by atoms with Crippen LogP contribution < -0.4 is 14.8 Å². The van der Waals surface area contributed by atoms with Crippen molar-refractivity contribution in [2.24, 2.45) is 0 Å². The minimum atomic E-state index is -0.812. The van der Waals surface area contributed by atoms with Gasteiger partial charge in [0.2, 0.25) is 0 Å². The molecule has 2 unspecified atom stereocenters. The van der Waals surface area contributed by atoms with E-state index in [1.165, 1.54) is 0 Å². The number of hydrogen-bond acceptors (Lipinski definition) is 7. The van der Waals surface area contributed by atoms with Crippen LogP contribution in [0.1, 0.15) is 17.9 Å². The maximum Gasteiger partial charge on any atom is 0.321 e. The highest BCUT2D eigenvalue weighted by molar-refractivity contribution is 7.99. The molecule has 2 fully saturated rings. The summed E-state index contributed by atoms with van der Waals surface area (Å²) in [5, 5.41) is 12.2. The van der Waals surface area contributed by atoms with Crippen LogP contribution in [0.25, 0.3) is 0 Å². The van der Waals surface area contributed by atoms with Gasteiger partial charge in [-0.1, -0.05) is 6.07 Å². The van der Waals surface area contributed by atoms with Crippen LogP contribution in [0.2, 0.25) is 0 Å². The summed E-state index contributed by atoms with van der Waals surface area (Å²) in [6, 6.07) is 5.32. The molecule has 0 bridgehead atoms. The number of ether oxygens (including phenoxy) is 3. The molecule has 144 valence electrons. The lowest BCUT2D eigenvalue weighted by Gasteiger charge is -2.26. The predicted octanol–water partition coefficient (Wildman–Crippen LogP) is 1.58. The number of carbonyl (C=O) groups is 1. The summed E-state index contributed by atoms with van der Waals surface area (Å²) < 4.78 is 17.0. The fourth-order valence-electron chi connectivity index (χ4n) is 2.99. The number of nitrogens with one attached hydrogen (secondary N) is 1. The standard InChI is InChI=1S/C18H26N2O5S/c1-2-24-16-11-13(17-19-14(12-26-17)18(21)22)3-4-15(16)25-10-7-20-5-8-23-9-6-20/h3-4,11,14,17,19H,2,5-10,12H2,1H3,(H,21,22). The van der Waals surface area contributed by atoms with Crippen LogP contribution in [0.15, 0.2) is 18.2 Å². The van der Waals surface area contributed by atoms with Gasteiger partial charge in [0.25, 0.3) is 0 Å². The zero-order valence-electron chi connectivity index (χ0n) is 15.0. The van der Waals surface area contributed by atoms with E-state index in [-0.39, 0.29) is 5.37 Å². The maximum absolute atomic E-state index is 11.1. The van der Waals surface area contributed by atoms with Gasteiger partial charge in [0.05, 0.1) is 25.2 Å². The third-order valence-electron chi connectivity index (χ3n) is 4.42. The number of benzene rings is 1. The zero-order chi connectivity index (χ0) is 18.4. The Morgan fingerprint density at radius 1 is 1.35 bits per heavy atom. The van der Waals surface area contributed by atoms with Crippen molar-refractivity contribution in [2.75, 3.05) is 51.8 Å². The van der Waals surface area contributed by atoms with Gasteiger partial charge in [-0.15, -0.1) is 11.8 Å². The fraction of sp³-hybridized carbons (Fsp3) is 0.611. The van der Waals surface area contributed by atoms with E-state index in [4.69, 9.17) is 19.3 Å². The van der Waals surface area contributed by atoms with Crippen LogP contribution in [0.5, 0.6) is 11.5 Å². The third kappa shape index (κ3) is 5.03. The molecule has 1 aromatic carbocycles. The van der Waals surface area contributed by atoms with Gasteiger partial charge >= 0.3 is 5.97 Å². The lowest BCUT2D eigenvalue weighted by Crippen LogP contribution is -2.38. The van der Waals surface area contributed by atoms with E-state index in [1.807, 2.05) is 25.1 Å². The average Bonchev–Trinajstić information content (AvgIpc) is 3.14. The average molecular weight is 382 g/mol. The van der Waals surface area contributed by atoms with E-state index in [0.717, 1.165) is 44.2 Å². The number of carboxylic acids is 1. The molecule has 0 aliphatic carbocycles. The summed E-state index contributed by atoms with van der Waals surface area (Å²) >= 11 is 1.59. The molecule has 0 aromatic heterocycles. The Bertz CT molecular complexity index is 609. The summed E-state index contributed by atoms with van der Waals surface area (Å²) in [5.74, 6) is 1.17. The van der Waals surface area contributed by atoms with E-state index in [9.17, 15) is 4.79 Å². The molecule has 0 amide bonds. The summed E-state index contributed by atoms with van der Waals surface area (Å²) in [4.78, 5) is 13.4. The minimum absolute atomic E-state index is 0.0438. The number of morpholine rings is 1. The number of hydrogen-bond donors (Lipinski definition) is 2. The molecule has 2 aliphatic heterocycles. The second kappa shape index (κ2) is 9.45. The maximum atomic E-state index is 11.1. The molecule has 3 rings (SSSR count). The Morgan fingerprint density at radius 3 is 2.85 bits per heavy atom. The predicted molar refractivity (Wildman–Crippen MR) is 100 cm³/mol. The molecule has 7 nitrogen and oxygen atoms in total. The normalized spacial score (nSPS) is 23.7. The number of nitrogens with zero attached hydrogens (tertiary/aromatic N) is 1. The first-order valence-electron chi connectivity index (χ1n) is 8.97. The van der Waals surface area contributed by atoms with Crippen molar-refractivity contribution in [1.29, 1.82) is 0 Å². The number of carboxylic acid groups (broad SMARTS) is 1. The third-order valence-corrected chi connectivity index (χ3v) is 5.69. The van der Waals surface area contributed by atoms with Crippen LogP contribution in [0, 0.1) is 0 Å². The van der Waals surface area contributed by atoms with Gasteiger partial charge in [-0.3, -0.25) is 15.0 Å². The number of thioether (sulfide) groups is 1. The second-order valence-electron chi connectivity index (χ2n) is 6.21. The molecule has 2 aliphatic rings. The van der Waals surface area contributed by atoms with Gasteiger partial charge in [0, 0.05) is 25.4 Å². The second-order valence-corrected chi connectivity index (χ2v) is 7.35. The van der Waals surface area contributed by atoms with Crippen molar-refractivity contribution in [3.63, 3.8) is 0 Å². The van der Waals surface area contributed by atoms with E-state index in [1.54, 1.807) is 11.8 Å². The Morgan fingerprint density at radius 2 is 2.15 bits per heavy atom. The van der Waals surface area contributed by atoms with Gasteiger partial charge < -0.3 is 19.3 Å². The topological polar surface area (TPSA) is 80.3 Å². The molecule has 2 saturated heterocycles. The largest absolute Gasteiger partial charge is 0.490 e. The highest BCUT2D eigenvalue weighted by Crippen LogP contribution is 2.37. The highest BCUT2D eigenvalue weighted by Gasteiger charge is 2.30. The number of aliphatic carboxylic acids is 1. The van der Waals surface area contributed by atoms with Crippen molar-refractivity contribution in [3.05, 3.63) is 23.8 Å². The molecule has 0 radical (unpaired) electrons. The molecule has 8 heteroatoms. The van der Waals surface area contributed by atoms with Gasteiger partial charge in [0.15, 0.2) is 11.5 Å². The van der Waals surface area contributed by atoms with Crippen molar-refractivity contribution >= 4 is 17.7 Å². The first-order chi connectivity index (χ1) is 12.7. The molecule has 0 spiro atoms. The van der Waals surface area contributed by atoms with Crippen LogP contribution in [-0.2, 0) is 9.53 Å². The van der Waals surface area contributed by atoms with Crippen LogP contribution >= 0.6 is 11.8 Å². The van der Waals surface area contributed by atoms with Gasteiger partial charge in [-0.2, -0.15) is 0 Å². The van der Waals surface area contributed by atoms with Crippen LogP contribution in [0.4, 0.5) is 0 Å². The Hall–Kier alpha value is -1.48. The molecule has 2 heterocycles. The summed E-state index contributed by atoms with van der Waals surface area (Å²) in [7, 11) is 0. The van der Waals surface area contributed by atoms with E-state index in [2.05, 4.69) is 10.2 Å². The molecule has 2 atom stereocenters. The smallest absolute Gasteiger partial charge is 0.321 e. The van der Waals surface area contributed by atoms with Gasteiger partial charge in [0.1, 0.15) is 12.6 Å². The van der Waals surface area contributed by atoms with Crippen LogP contribution in [0.3, 0.4) is 0 Å². The van der Waals surface area contributed by atoms with Crippen molar-refractivity contribution < 1.29 is 24.1 Å². The van der Waals surface area contributed by atoms with Crippen LogP contribution in [-0.4, -0.2) is 73.8 Å². The fourth-order valence-corrected chi connectivity index (χ4v) is 4.21. The van der Waals surface area contributed by atoms with E-state index in [0.29, 0.717) is 24.7 Å². The highest BCUT2D eigenvalue weighted by atomic mass is 32.2. The van der Waals surface area contributed by atoms with Gasteiger partial charge in [-0.05, 0) is 24.6 Å². The van der Waals surface area contributed by atoms with Crippen molar-refractivity contribution in [3.8, 4) is 11.5 Å². The molecule has 0 saturated carbocycles. The zero-order valence-corrected chi connectivity index (χ0v) is 15.8. The first-order valence-corrected chi connectivity index (χ1v) is 10.0. The Balaban J connectivity index is 1.60. The summed E-state index contributed by atoms with van der Waals surface area (Å²) in [5.41, 5.74) is 1.00. The van der Waals surface area contributed by atoms with Gasteiger partial charge in [-0.25, -0.2) is 0 Å². The molecular weight excluding hydrogens is 356 g/mol. The summed E-state index contributed by atoms with van der Waals surface area (Å²) in [6.07, 6.45) is 0. The molecule has 2 N–H and O–H groups in total. The SMILES string of the molecule is CCOc1cc(C2NC(C(=O)O)CS2)ccc1OCCN1CCOCC1. The first kappa shape index (κ1) is 19.3. The molecule has 1 aromatic rings. The van der Waals surface area contributed by atoms with E-state index < -0.39 is 12.0 Å². The Kier molecular flexibility index (Phi) is 7.01. The lowest BCUT2D eigenvalue weighted by atomic mass is 10.2. The minimum Gasteiger partial charge on any atom is -0.490 e. The number of rotatable bonds is 8. The summed E-state index contributed by atoms with van der Waals surface area (Å²) in [6.45, 7) is 7.38. The Labute approximate surface area is 158 Å². The molecule has 26 heavy (non-hydrogen) atoms. The van der Waals surface area contributed by atoms with E-state index >= 15 is 0 Å². The van der Waals surface area contributed by atoms with Crippen molar-refractivity contribution in [1.82, 2.24) is 10.2 Å².